The van der Waals surface area contributed by atoms with Crippen LogP contribution in [-0.4, -0.2) is 0 Å². The zero-order chi connectivity index (χ0) is 10.7. The molecule has 0 saturated heterocycles. The van der Waals surface area contributed by atoms with Gasteiger partial charge in [-0.2, -0.15) is 11.3 Å². The van der Waals surface area contributed by atoms with Crippen molar-refractivity contribution in [2.45, 2.75) is 18.9 Å². The van der Waals surface area contributed by atoms with Gasteiger partial charge in [0.1, 0.15) is 5.76 Å². The number of nitrogens with two attached hydrogens (primary N) is 1. The van der Waals surface area contributed by atoms with Crippen LogP contribution in [0.4, 0.5) is 0 Å². The van der Waals surface area contributed by atoms with E-state index in [1.54, 1.807) is 11.3 Å². The number of hydrogen-bond donors (Lipinski definition) is 1. The fraction of sp³-hybridized carbons (Fsp3) is 0.273. The Hall–Kier alpha value is -0.580. The van der Waals surface area contributed by atoms with Gasteiger partial charge in [-0.05, 0) is 63.3 Å². The first kappa shape index (κ1) is 10.9. The van der Waals surface area contributed by atoms with Crippen molar-refractivity contribution in [1.82, 2.24) is 0 Å². The maximum atomic E-state index is 6.01. The van der Waals surface area contributed by atoms with Crippen molar-refractivity contribution >= 4 is 27.3 Å². The van der Waals surface area contributed by atoms with E-state index >= 15 is 0 Å². The average molecular weight is 286 g/mol. The Morgan fingerprint density at radius 1 is 1.40 bits per heavy atom. The second-order valence-electron chi connectivity index (χ2n) is 3.42. The summed E-state index contributed by atoms with van der Waals surface area (Å²) in [6.45, 7) is 0. The van der Waals surface area contributed by atoms with Gasteiger partial charge in [-0.25, -0.2) is 0 Å². The van der Waals surface area contributed by atoms with Gasteiger partial charge in [-0.3, -0.25) is 0 Å². The van der Waals surface area contributed by atoms with Crippen molar-refractivity contribution in [3.05, 3.63) is 45.0 Å². The van der Waals surface area contributed by atoms with E-state index in [4.69, 9.17) is 10.2 Å². The highest BCUT2D eigenvalue weighted by Gasteiger charge is 2.10. The smallest absolute Gasteiger partial charge is 0.169 e. The van der Waals surface area contributed by atoms with Gasteiger partial charge in [0.15, 0.2) is 4.67 Å². The molecule has 2 aromatic heterocycles. The van der Waals surface area contributed by atoms with Crippen LogP contribution in [0, 0.1) is 0 Å². The third kappa shape index (κ3) is 2.93. The van der Waals surface area contributed by atoms with Crippen LogP contribution in [0.15, 0.2) is 38.0 Å². The third-order valence-corrected chi connectivity index (χ3v) is 3.44. The van der Waals surface area contributed by atoms with Gasteiger partial charge >= 0.3 is 0 Å². The summed E-state index contributed by atoms with van der Waals surface area (Å²) < 4.78 is 6.15. The molecule has 2 rings (SSSR count). The molecule has 0 saturated carbocycles. The maximum Gasteiger partial charge on any atom is 0.169 e. The monoisotopic (exact) mass is 285 g/mol. The number of furan rings is 1. The molecule has 0 aliphatic rings. The first-order valence-electron chi connectivity index (χ1n) is 4.77. The van der Waals surface area contributed by atoms with Crippen LogP contribution < -0.4 is 5.73 Å². The van der Waals surface area contributed by atoms with Crippen molar-refractivity contribution < 1.29 is 4.42 Å². The molecule has 1 unspecified atom stereocenters. The van der Waals surface area contributed by atoms with E-state index in [0.29, 0.717) is 0 Å². The van der Waals surface area contributed by atoms with Crippen LogP contribution >= 0.6 is 27.3 Å². The summed E-state index contributed by atoms with van der Waals surface area (Å²) in [5.74, 6) is 0.845. The number of hydrogen-bond acceptors (Lipinski definition) is 3. The molecule has 2 nitrogen and oxygen atoms in total. The van der Waals surface area contributed by atoms with E-state index in [-0.39, 0.29) is 6.04 Å². The lowest BCUT2D eigenvalue weighted by Gasteiger charge is -2.07. The van der Waals surface area contributed by atoms with Gasteiger partial charge in [-0.1, -0.05) is 0 Å². The van der Waals surface area contributed by atoms with E-state index in [1.807, 2.05) is 12.1 Å². The predicted molar refractivity (Wildman–Crippen MR) is 66.0 cm³/mol. The Bertz CT molecular complexity index is 410. The van der Waals surface area contributed by atoms with Crippen LogP contribution in [0.2, 0.25) is 0 Å². The van der Waals surface area contributed by atoms with E-state index in [9.17, 15) is 0 Å². The molecule has 1 atom stereocenters. The number of rotatable bonds is 4. The van der Waals surface area contributed by atoms with Gasteiger partial charge in [-0.15, -0.1) is 0 Å². The standard InChI is InChI=1S/C11H12BrNOS/c12-11-4-3-10(14-11)9(13)2-1-8-5-6-15-7-8/h3-7,9H,1-2,13H2. The van der Waals surface area contributed by atoms with Gasteiger partial charge in [0.25, 0.3) is 0 Å². The molecule has 0 bridgehead atoms. The highest BCUT2D eigenvalue weighted by Crippen LogP contribution is 2.22. The number of aryl methyl sites for hydroxylation is 1. The number of halogens is 1. The van der Waals surface area contributed by atoms with Gasteiger partial charge < -0.3 is 10.2 Å². The van der Waals surface area contributed by atoms with E-state index in [2.05, 4.69) is 32.8 Å². The minimum Gasteiger partial charge on any atom is -0.453 e. The summed E-state index contributed by atoms with van der Waals surface area (Å²) in [6.07, 6.45) is 1.92. The Balaban J connectivity index is 1.90. The van der Waals surface area contributed by atoms with Crippen LogP contribution in [0.1, 0.15) is 23.8 Å². The largest absolute Gasteiger partial charge is 0.453 e. The molecular formula is C11H12BrNOS. The molecule has 0 aliphatic carbocycles. The molecule has 2 heterocycles. The molecule has 0 spiro atoms. The zero-order valence-corrected chi connectivity index (χ0v) is 10.6. The zero-order valence-electron chi connectivity index (χ0n) is 8.15. The maximum absolute atomic E-state index is 6.01. The van der Waals surface area contributed by atoms with Gasteiger partial charge in [0, 0.05) is 0 Å². The third-order valence-electron chi connectivity index (χ3n) is 2.28. The van der Waals surface area contributed by atoms with Crippen LogP contribution in [0.25, 0.3) is 0 Å². The Labute approximate surface area is 101 Å². The van der Waals surface area contributed by atoms with Crippen LogP contribution in [-0.2, 0) is 6.42 Å². The second kappa shape index (κ2) is 4.96. The van der Waals surface area contributed by atoms with E-state index in [1.165, 1.54) is 5.56 Å². The van der Waals surface area contributed by atoms with Crippen LogP contribution in [0.5, 0.6) is 0 Å². The van der Waals surface area contributed by atoms with E-state index in [0.717, 1.165) is 23.3 Å². The van der Waals surface area contributed by atoms with Crippen molar-refractivity contribution in [1.29, 1.82) is 0 Å². The van der Waals surface area contributed by atoms with E-state index < -0.39 is 0 Å². The minimum atomic E-state index is -0.0174. The molecular weight excluding hydrogens is 274 g/mol. The lowest BCUT2D eigenvalue weighted by molar-refractivity contribution is 0.437. The Morgan fingerprint density at radius 2 is 2.27 bits per heavy atom. The first-order chi connectivity index (χ1) is 7.25. The average Bonchev–Trinajstić information content (AvgIpc) is 2.84. The lowest BCUT2D eigenvalue weighted by Crippen LogP contribution is -2.10. The SMILES string of the molecule is NC(CCc1ccsc1)c1ccc(Br)o1. The molecule has 0 radical (unpaired) electrons. The summed E-state index contributed by atoms with van der Waals surface area (Å²) in [4.78, 5) is 0. The van der Waals surface area contributed by atoms with Crippen molar-refractivity contribution in [2.24, 2.45) is 5.73 Å². The first-order valence-corrected chi connectivity index (χ1v) is 6.51. The summed E-state index contributed by atoms with van der Waals surface area (Å²) in [5, 5.41) is 4.25. The Kier molecular flexibility index (Phi) is 3.61. The molecule has 2 N–H and O–H groups in total. The predicted octanol–water partition coefficient (Wildman–Crippen LogP) is 3.74. The molecule has 0 aliphatic heterocycles. The summed E-state index contributed by atoms with van der Waals surface area (Å²) in [5.41, 5.74) is 7.36. The molecule has 0 amide bonds. The highest BCUT2D eigenvalue weighted by atomic mass is 79.9. The summed E-state index contributed by atoms with van der Waals surface area (Å²) in [6, 6.07) is 5.91. The van der Waals surface area contributed by atoms with Crippen molar-refractivity contribution in [2.75, 3.05) is 0 Å². The van der Waals surface area contributed by atoms with Crippen LogP contribution in [0.3, 0.4) is 0 Å². The lowest BCUT2D eigenvalue weighted by atomic mass is 10.1. The van der Waals surface area contributed by atoms with Crippen molar-refractivity contribution in [3.63, 3.8) is 0 Å². The summed E-state index contributed by atoms with van der Waals surface area (Å²) in [7, 11) is 0. The minimum absolute atomic E-state index is 0.0174. The molecule has 0 aromatic carbocycles. The fourth-order valence-electron chi connectivity index (χ4n) is 1.43. The highest BCUT2D eigenvalue weighted by molar-refractivity contribution is 9.10. The van der Waals surface area contributed by atoms with Gasteiger partial charge in [0.2, 0.25) is 0 Å². The number of thiophene rings is 1. The second-order valence-corrected chi connectivity index (χ2v) is 4.98. The Morgan fingerprint density at radius 3 is 2.87 bits per heavy atom. The van der Waals surface area contributed by atoms with Gasteiger partial charge in [0.05, 0.1) is 6.04 Å². The molecule has 0 fully saturated rings. The molecule has 4 heteroatoms. The fourth-order valence-corrected chi connectivity index (χ4v) is 2.45. The quantitative estimate of drug-likeness (QED) is 0.930. The summed E-state index contributed by atoms with van der Waals surface area (Å²) >= 11 is 4.99. The molecule has 2 aromatic rings. The molecule has 15 heavy (non-hydrogen) atoms. The normalized spacial score (nSPS) is 12.9. The molecule has 80 valence electrons. The van der Waals surface area contributed by atoms with Crippen molar-refractivity contribution in [3.8, 4) is 0 Å². The topological polar surface area (TPSA) is 39.2 Å².